The van der Waals surface area contributed by atoms with Gasteiger partial charge in [0.2, 0.25) is 5.91 Å². The van der Waals surface area contributed by atoms with Crippen molar-refractivity contribution in [1.82, 2.24) is 5.32 Å². The second kappa shape index (κ2) is 11.3. The van der Waals surface area contributed by atoms with Crippen molar-refractivity contribution >= 4 is 27.6 Å². The van der Waals surface area contributed by atoms with Crippen LogP contribution in [-0.2, 0) is 42.3 Å². The molecular formula is C15H28BrNO2Y-2. The fourth-order valence-corrected chi connectivity index (χ4v) is 1.69. The van der Waals surface area contributed by atoms with E-state index >= 15 is 0 Å². The molecule has 3 nitrogen and oxygen atoms in total. The summed E-state index contributed by atoms with van der Waals surface area (Å²) in [4.78, 5) is 21.7. The number of alkyl halides is 1. The SMILES string of the molecule is [CH2-]C(CC(C)(C)C)C(=O)C(C)(C)C.[CH2-]NC(=O)CBr.[Y]. The van der Waals surface area contributed by atoms with Gasteiger partial charge < -0.3 is 17.0 Å². The molecule has 1 N–H and O–H groups in total. The Balaban J connectivity index is -0.000000352. The van der Waals surface area contributed by atoms with Crippen molar-refractivity contribution in [2.24, 2.45) is 16.7 Å². The van der Waals surface area contributed by atoms with Crippen molar-refractivity contribution in [3.63, 3.8) is 0 Å². The molecule has 0 spiro atoms. The van der Waals surface area contributed by atoms with Crippen LogP contribution in [0.4, 0.5) is 0 Å². The van der Waals surface area contributed by atoms with Gasteiger partial charge in [-0.2, -0.15) is 0 Å². The molecule has 0 aliphatic rings. The van der Waals surface area contributed by atoms with Crippen LogP contribution < -0.4 is 5.32 Å². The van der Waals surface area contributed by atoms with E-state index in [0.29, 0.717) is 5.33 Å². The van der Waals surface area contributed by atoms with Gasteiger partial charge in [-0.05, 0) is 5.41 Å². The zero-order chi connectivity index (χ0) is 15.9. The molecule has 1 amide bonds. The quantitative estimate of drug-likeness (QED) is 0.555. The third-order valence-electron chi connectivity index (χ3n) is 2.29. The number of rotatable bonds is 3. The standard InChI is InChI=1S/C12H23O.C3H5BrNO.Y/c1-9(8-11(2,3)4)10(13)12(5,6)7;1-5-3(6)2-4;/h9H,1,8H2,2-7H3;1-2H2,(H,5,6);/q2*-1;. The summed E-state index contributed by atoms with van der Waals surface area (Å²) in [6.07, 6.45) is 0.864. The fourth-order valence-electron chi connectivity index (χ4n) is 1.49. The number of hydrogen-bond donors (Lipinski definition) is 1. The number of nitrogens with one attached hydrogen (secondary N) is 1. The molecule has 0 aromatic rings. The van der Waals surface area contributed by atoms with Crippen molar-refractivity contribution < 1.29 is 42.3 Å². The predicted octanol–water partition coefficient (Wildman–Crippen LogP) is 3.77. The van der Waals surface area contributed by atoms with Gasteiger partial charge in [0, 0.05) is 38.1 Å². The molecule has 0 saturated carbocycles. The maximum Gasteiger partial charge on any atom is 0.201 e. The van der Waals surface area contributed by atoms with Gasteiger partial charge >= 0.3 is 0 Å². The van der Waals surface area contributed by atoms with Crippen LogP contribution in [-0.4, -0.2) is 17.0 Å². The van der Waals surface area contributed by atoms with E-state index in [0.717, 1.165) is 6.42 Å². The molecular weight excluding hydrogens is 395 g/mol. The molecule has 20 heavy (non-hydrogen) atoms. The van der Waals surface area contributed by atoms with Gasteiger partial charge in [-0.3, -0.25) is 11.8 Å². The predicted molar refractivity (Wildman–Crippen MR) is 84.7 cm³/mol. The van der Waals surface area contributed by atoms with E-state index in [4.69, 9.17) is 0 Å². The summed E-state index contributed by atoms with van der Waals surface area (Å²) in [6, 6.07) is 0. The molecule has 0 aliphatic carbocycles. The Hall–Kier alpha value is 0.724. The molecule has 0 rings (SSSR count). The summed E-state index contributed by atoms with van der Waals surface area (Å²) >= 11 is 2.92. The maximum absolute atomic E-state index is 11.8. The number of amides is 1. The summed E-state index contributed by atoms with van der Waals surface area (Å²) in [5, 5.41) is 2.51. The second-order valence-corrected chi connectivity index (χ2v) is 7.37. The van der Waals surface area contributed by atoms with E-state index in [1.807, 2.05) is 20.8 Å². The molecule has 5 heteroatoms. The summed E-state index contributed by atoms with van der Waals surface area (Å²) in [6.45, 7) is 16.2. The maximum atomic E-state index is 11.8. The first-order chi connectivity index (χ1) is 8.35. The smallest absolute Gasteiger partial charge is 0.201 e. The van der Waals surface area contributed by atoms with Crippen LogP contribution in [0.25, 0.3) is 0 Å². The number of carbonyl (C=O) groups excluding carboxylic acids is 2. The monoisotopic (exact) mass is 422 g/mol. The Morgan fingerprint density at radius 2 is 1.55 bits per heavy atom. The van der Waals surface area contributed by atoms with Gasteiger partial charge in [0.1, 0.15) is 5.78 Å². The van der Waals surface area contributed by atoms with Crippen LogP contribution in [0.2, 0.25) is 0 Å². The molecule has 0 aromatic carbocycles. The van der Waals surface area contributed by atoms with E-state index in [2.05, 4.69) is 56.0 Å². The van der Waals surface area contributed by atoms with E-state index in [1.165, 1.54) is 0 Å². The van der Waals surface area contributed by atoms with Gasteiger partial charge in [-0.25, -0.2) is 0 Å². The molecule has 1 atom stereocenters. The van der Waals surface area contributed by atoms with Gasteiger partial charge in [-0.15, -0.1) is 5.92 Å². The molecule has 0 fully saturated rings. The van der Waals surface area contributed by atoms with Crippen LogP contribution in [0.1, 0.15) is 48.0 Å². The summed E-state index contributed by atoms with van der Waals surface area (Å²) < 4.78 is 0. The van der Waals surface area contributed by atoms with Crippen LogP contribution in [0.5, 0.6) is 0 Å². The minimum atomic E-state index is -0.252. The van der Waals surface area contributed by atoms with Gasteiger partial charge in [0.05, 0.1) is 5.33 Å². The van der Waals surface area contributed by atoms with E-state index < -0.39 is 0 Å². The van der Waals surface area contributed by atoms with Gasteiger partial charge in [0.15, 0.2) is 0 Å². The van der Waals surface area contributed by atoms with Crippen LogP contribution in [0, 0.1) is 30.7 Å². The molecule has 1 unspecified atom stereocenters. The Morgan fingerprint density at radius 1 is 1.15 bits per heavy atom. The van der Waals surface area contributed by atoms with Crippen LogP contribution in [0.15, 0.2) is 0 Å². The normalized spacial score (nSPS) is 12.4. The van der Waals surface area contributed by atoms with Gasteiger partial charge in [0.25, 0.3) is 0 Å². The number of halogens is 1. The third-order valence-corrected chi connectivity index (χ3v) is 2.80. The Labute approximate surface area is 158 Å². The van der Waals surface area contributed by atoms with Crippen LogP contribution in [0.3, 0.4) is 0 Å². The molecule has 117 valence electrons. The number of ketones is 1. The average molecular weight is 423 g/mol. The second-order valence-electron chi connectivity index (χ2n) is 6.81. The zero-order valence-corrected chi connectivity index (χ0v) is 18.1. The molecule has 0 saturated heterocycles. The first-order valence-corrected chi connectivity index (χ1v) is 7.46. The van der Waals surface area contributed by atoms with E-state index in [1.54, 1.807) is 0 Å². The Bertz CT molecular complexity index is 287. The minimum absolute atomic E-state index is 0. The Morgan fingerprint density at radius 3 is 1.70 bits per heavy atom. The summed E-state index contributed by atoms with van der Waals surface area (Å²) in [5.41, 5.74) is -0.0645. The van der Waals surface area contributed by atoms with E-state index in [9.17, 15) is 9.59 Å². The summed E-state index contributed by atoms with van der Waals surface area (Å²) in [7, 11) is 3.13. The number of carbonyl (C=O) groups is 2. The molecule has 0 aliphatic heterocycles. The molecule has 0 heterocycles. The topological polar surface area (TPSA) is 46.2 Å². The van der Waals surface area contributed by atoms with Crippen molar-refractivity contribution in [3.05, 3.63) is 14.0 Å². The van der Waals surface area contributed by atoms with Crippen molar-refractivity contribution in [1.29, 1.82) is 0 Å². The van der Waals surface area contributed by atoms with Crippen molar-refractivity contribution in [2.75, 3.05) is 5.33 Å². The first kappa shape index (κ1) is 25.7. The average Bonchev–Trinajstić information content (AvgIpc) is 2.24. The third kappa shape index (κ3) is 15.1. The number of Topliss-reactive ketones (excluding diaryl/α,β-unsaturated/α-hetero) is 1. The van der Waals surface area contributed by atoms with Crippen molar-refractivity contribution in [2.45, 2.75) is 48.0 Å². The largest absolute Gasteiger partial charge is 0.508 e. The molecule has 0 aromatic heterocycles. The molecule has 1 radical (unpaired) electrons. The summed E-state index contributed by atoms with van der Waals surface area (Å²) in [5.74, 6) is 0.0948. The Kier molecular flexibility index (Phi) is 14.5. The molecule has 0 bridgehead atoms. The first-order valence-electron chi connectivity index (χ1n) is 6.34. The minimum Gasteiger partial charge on any atom is -0.508 e. The van der Waals surface area contributed by atoms with Crippen LogP contribution >= 0.6 is 15.9 Å². The van der Waals surface area contributed by atoms with Gasteiger partial charge in [-0.1, -0.05) is 63.9 Å². The van der Waals surface area contributed by atoms with E-state index in [-0.39, 0.29) is 61.1 Å². The zero-order valence-electron chi connectivity index (χ0n) is 13.7. The van der Waals surface area contributed by atoms with Crippen molar-refractivity contribution in [3.8, 4) is 0 Å². The number of hydrogen-bond acceptors (Lipinski definition) is 2. The fraction of sp³-hybridized carbons (Fsp3) is 0.733.